The number of amides is 1. The Morgan fingerprint density at radius 1 is 1.30 bits per heavy atom. The van der Waals surface area contributed by atoms with Crippen LogP contribution in [0.3, 0.4) is 0 Å². The molecule has 1 aromatic carbocycles. The van der Waals surface area contributed by atoms with Gasteiger partial charge in [0.05, 0.1) is 12.1 Å². The maximum atomic E-state index is 12.0. The Kier molecular flexibility index (Phi) is 4.78. The van der Waals surface area contributed by atoms with Crippen molar-refractivity contribution in [2.45, 2.75) is 38.7 Å². The zero-order chi connectivity index (χ0) is 14.6. The molecule has 1 amide bonds. The molecular formula is C16H24N2O2. The number of hydrogen-bond acceptors (Lipinski definition) is 3. The molecule has 1 aromatic rings. The van der Waals surface area contributed by atoms with Crippen molar-refractivity contribution in [1.82, 2.24) is 4.90 Å². The average Bonchev–Trinajstić information content (AvgIpc) is 2.42. The molecular weight excluding hydrogens is 252 g/mol. The van der Waals surface area contributed by atoms with Crippen LogP contribution in [0.5, 0.6) is 0 Å². The van der Waals surface area contributed by atoms with Crippen LogP contribution in [0.25, 0.3) is 0 Å². The minimum absolute atomic E-state index is 0.00999. The predicted octanol–water partition coefficient (Wildman–Crippen LogP) is 2.03. The SMILES string of the molecule is CCc1ccc(NC(=O)CN2CCC(C)(O)CC2)cc1. The van der Waals surface area contributed by atoms with Gasteiger partial charge in [0.15, 0.2) is 0 Å². The quantitative estimate of drug-likeness (QED) is 0.885. The van der Waals surface area contributed by atoms with Crippen molar-refractivity contribution < 1.29 is 9.90 Å². The van der Waals surface area contributed by atoms with Gasteiger partial charge in [-0.1, -0.05) is 19.1 Å². The summed E-state index contributed by atoms with van der Waals surface area (Å²) in [5.74, 6) is 0.00999. The summed E-state index contributed by atoms with van der Waals surface area (Å²) in [5, 5.41) is 12.8. The van der Waals surface area contributed by atoms with Gasteiger partial charge >= 0.3 is 0 Å². The van der Waals surface area contributed by atoms with Gasteiger partial charge in [-0.2, -0.15) is 0 Å². The van der Waals surface area contributed by atoms with E-state index in [1.807, 2.05) is 31.2 Å². The van der Waals surface area contributed by atoms with E-state index in [0.29, 0.717) is 6.54 Å². The van der Waals surface area contributed by atoms with E-state index in [4.69, 9.17) is 0 Å². The number of rotatable bonds is 4. The summed E-state index contributed by atoms with van der Waals surface area (Å²) in [6.45, 7) is 5.91. The van der Waals surface area contributed by atoms with Crippen LogP contribution in [-0.2, 0) is 11.2 Å². The highest BCUT2D eigenvalue weighted by atomic mass is 16.3. The van der Waals surface area contributed by atoms with Gasteiger partial charge in [-0.15, -0.1) is 0 Å². The number of likely N-dealkylation sites (tertiary alicyclic amines) is 1. The summed E-state index contributed by atoms with van der Waals surface area (Å²) in [7, 11) is 0. The van der Waals surface area contributed by atoms with E-state index in [9.17, 15) is 9.90 Å². The van der Waals surface area contributed by atoms with Crippen molar-refractivity contribution >= 4 is 11.6 Å². The normalized spacial score (nSPS) is 18.8. The number of nitrogens with zero attached hydrogens (tertiary/aromatic N) is 1. The van der Waals surface area contributed by atoms with Crippen LogP contribution >= 0.6 is 0 Å². The lowest BCUT2D eigenvalue weighted by molar-refractivity contribution is -0.118. The molecule has 1 aliphatic heterocycles. The molecule has 4 nitrogen and oxygen atoms in total. The van der Waals surface area contributed by atoms with Crippen molar-refractivity contribution in [3.05, 3.63) is 29.8 Å². The van der Waals surface area contributed by atoms with Crippen molar-refractivity contribution in [2.75, 3.05) is 25.0 Å². The molecule has 20 heavy (non-hydrogen) atoms. The Labute approximate surface area is 120 Å². The first kappa shape index (κ1) is 15.0. The van der Waals surface area contributed by atoms with Gasteiger partial charge in [-0.3, -0.25) is 9.69 Å². The molecule has 0 aromatic heterocycles. The summed E-state index contributed by atoms with van der Waals surface area (Å²) < 4.78 is 0. The van der Waals surface area contributed by atoms with Gasteiger partial charge in [0.2, 0.25) is 5.91 Å². The van der Waals surface area contributed by atoms with Gasteiger partial charge < -0.3 is 10.4 Å². The topological polar surface area (TPSA) is 52.6 Å². The van der Waals surface area contributed by atoms with Crippen LogP contribution in [0.2, 0.25) is 0 Å². The summed E-state index contributed by atoms with van der Waals surface area (Å²) in [5.41, 5.74) is 1.54. The fraction of sp³-hybridized carbons (Fsp3) is 0.562. The fourth-order valence-electron chi connectivity index (χ4n) is 2.42. The summed E-state index contributed by atoms with van der Waals surface area (Å²) >= 11 is 0. The van der Waals surface area contributed by atoms with E-state index < -0.39 is 5.60 Å². The van der Waals surface area contributed by atoms with Crippen molar-refractivity contribution in [3.8, 4) is 0 Å². The molecule has 0 aliphatic carbocycles. The van der Waals surface area contributed by atoms with E-state index >= 15 is 0 Å². The van der Waals surface area contributed by atoms with Crippen LogP contribution in [0.15, 0.2) is 24.3 Å². The molecule has 0 bridgehead atoms. The highest BCUT2D eigenvalue weighted by Gasteiger charge is 2.27. The number of anilines is 1. The number of hydrogen-bond donors (Lipinski definition) is 2. The fourth-order valence-corrected chi connectivity index (χ4v) is 2.42. The molecule has 0 atom stereocenters. The second kappa shape index (κ2) is 6.37. The third kappa shape index (κ3) is 4.32. The number of aliphatic hydroxyl groups is 1. The molecule has 2 N–H and O–H groups in total. The zero-order valence-electron chi connectivity index (χ0n) is 12.4. The van der Waals surface area contributed by atoms with E-state index in [-0.39, 0.29) is 5.91 Å². The van der Waals surface area contributed by atoms with Gasteiger partial charge in [0.25, 0.3) is 0 Å². The number of carbonyl (C=O) groups is 1. The van der Waals surface area contributed by atoms with Crippen LogP contribution in [-0.4, -0.2) is 41.1 Å². The zero-order valence-corrected chi connectivity index (χ0v) is 12.4. The van der Waals surface area contributed by atoms with Crippen molar-refractivity contribution in [2.24, 2.45) is 0 Å². The lowest BCUT2D eigenvalue weighted by atomic mass is 9.94. The highest BCUT2D eigenvalue weighted by molar-refractivity contribution is 5.92. The summed E-state index contributed by atoms with van der Waals surface area (Å²) in [6.07, 6.45) is 2.46. The maximum absolute atomic E-state index is 12.0. The van der Waals surface area contributed by atoms with Gasteiger partial charge in [-0.25, -0.2) is 0 Å². The largest absolute Gasteiger partial charge is 0.390 e. The van der Waals surface area contributed by atoms with Crippen LogP contribution in [0, 0.1) is 0 Å². The number of carbonyl (C=O) groups excluding carboxylic acids is 1. The van der Waals surface area contributed by atoms with Crippen molar-refractivity contribution in [1.29, 1.82) is 0 Å². The minimum Gasteiger partial charge on any atom is -0.390 e. The second-order valence-corrected chi connectivity index (χ2v) is 5.87. The molecule has 2 rings (SSSR count). The van der Waals surface area contributed by atoms with Gasteiger partial charge in [0.1, 0.15) is 0 Å². The Bertz CT molecular complexity index is 444. The van der Waals surface area contributed by atoms with Crippen LogP contribution < -0.4 is 5.32 Å². The number of piperidine rings is 1. The first-order valence-corrected chi connectivity index (χ1v) is 7.32. The Hall–Kier alpha value is -1.39. The first-order valence-electron chi connectivity index (χ1n) is 7.32. The molecule has 1 aliphatic rings. The molecule has 110 valence electrons. The Balaban J connectivity index is 1.80. The standard InChI is InChI=1S/C16H24N2O2/c1-3-13-4-6-14(7-5-13)17-15(19)12-18-10-8-16(2,20)9-11-18/h4-7,20H,3,8-12H2,1-2H3,(H,17,19). The minimum atomic E-state index is -0.567. The van der Waals surface area contributed by atoms with Gasteiger partial charge in [0, 0.05) is 18.8 Å². The smallest absolute Gasteiger partial charge is 0.238 e. The van der Waals surface area contributed by atoms with E-state index in [1.54, 1.807) is 0 Å². The third-order valence-corrected chi connectivity index (χ3v) is 3.95. The first-order chi connectivity index (χ1) is 9.48. The number of benzene rings is 1. The molecule has 1 heterocycles. The van der Waals surface area contributed by atoms with Gasteiger partial charge in [-0.05, 0) is 43.9 Å². The van der Waals surface area contributed by atoms with E-state index in [0.717, 1.165) is 38.0 Å². The molecule has 1 fully saturated rings. The van der Waals surface area contributed by atoms with Crippen molar-refractivity contribution in [3.63, 3.8) is 0 Å². The second-order valence-electron chi connectivity index (χ2n) is 5.87. The lowest BCUT2D eigenvalue weighted by Gasteiger charge is -2.35. The molecule has 0 radical (unpaired) electrons. The monoisotopic (exact) mass is 276 g/mol. The number of nitrogens with one attached hydrogen (secondary N) is 1. The van der Waals surface area contributed by atoms with E-state index in [2.05, 4.69) is 17.1 Å². The molecule has 0 spiro atoms. The third-order valence-electron chi connectivity index (χ3n) is 3.95. The summed E-state index contributed by atoms with van der Waals surface area (Å²) in [4.78, 5) is 14.1. The molecule has 0 saturated carbocycles. The summed E-state index contributed by atoms with van der Waals surface area (Å²) in [6, 6.07) is 7.96. The maximum Gasteiger partial charge on any atom is 0.238 e. The molecule has 0 unspecified atom stereocenters. The molecule has 1 saturated heterocycles. The highest BCUT2D eigenvalue weighted by Crippen LogP contribution is 2.20. The molecule has 4 heteroatoms. The van der Waals surface area contributed by atoms with Crippen LogP contribution in [0.4, 0.5) is 5.69 Å². The van der Waals surface area contributed by atoms with Crippen LogP contribution in [0.1, 0.15) is 32.3 Å². The van der Waals surface area contributed by atoms with E-state index in [1.165, 1.54) is 5.56 Å². The number of aryl methyl sites for hydroxylation is 1. The Morgan fingerprint density at radius 2 is 1.90 bits per heavy atom. The average molecular weight is 276 g/mol. The Morgan fingerprint density at radius 3 is 2.45 bits per heavy atom. The lowest BCUT2D eigenvalue weighted by Crippen LogP contribution is -2.45. The predicted molar refractivity (Wildman–Crippen MR) is 80.7 cm³/mol.